The molecule has 124 valence electrons. The molecule has 6 heteroatoms. The Morgan fingerprint density at radius 2 is 2.21 bits per heavy atom. The monoisotopic (exact) mass is 341 g/mol. The number of amides is 1. The van der Waals surface area contributed by atoms with Gasteiger partial charge in [0.25, 0.3) is 5.91 Å². The fourth-order valence-corrected chi connectivity index (χ4v) is 2.95. The molecule has 2 aromatic heterocycles. The molecule has 0 atom stereocenters. The quantitative estimate of drug-likeness (QED) is 0.718. The molecule has 0 aliphatic heterocycles. The summed E-state index contributed by atoms with van der Waals surface area (Å²) in [6, 6.07) is 13.7. The van der Waals surface area contributed by atoms with E-state index in [-0.39, 0.29) is 12.5 Å². The van der Waals surface area contributed by atoms with Gasteiger partial charge >= 0.3 is 0 Å². The summed E-state index contributed by atoms with van der Waals surface area (Å²) in [4.78, 5) is 13.0. The van der Waals surface area contributed by atoms with Crippen LogP contribution in [0.5, 0.6) is 5.75 Å². The molecule has 0 bridgehead atoms. The zero-order chi connectivity index (χ0) is 16.8. The Balaban J connectivity index is 1.40. The molecular formula is C18H19N3O2S. The minimum atomic E-state index is -0.137. The second-order valence-electron chi connectivity index (χ2n) is 5.40. The topological polar surface area (TPSA) is 56.1 Å². The molecule has 0 saturated carbocycles. The average molecular weight is 341 g/mol. The van der Waals surface area contributed by atoms with Gasteiger partial charge in [0.05, 0.1) is 11.4 Å². The summed E-state index contributed by atoms with van der Waals surface area (Å²) in [6.45, 7) is 3.15. The second-order valence-corrected chi connectivity index (χ2v) is 6.34. The first-order valence-electron chi connectivity index (χ1n) is 7.74. The molecule has 0 saturated heterocycles. The molecule has 0 spiro atoms. The van der Waals surface area contributed by atoms with E-state index in [2.05, 4.69) is 10.4 Å². The number of carbonyl (C=O) groups is 1. The van der Waals surface area contributed by atoms with Gasteiger partial charge in [0, 0.05) is 12.7 Å². The lowest BCUT2D eigenvalue weighted by molar-refractivity contribution is -0.123. The van der Waals surface area contributed by atoms with Crippen LogP contribution in [0.25, 0.3) is 10.6 Å². The molecule has 1 N–H and O–H groups in total. The summed E-state index contributed by atoms with van der Waals surface area (Å²) in [5.74, 6) is 0.569. The number of rotatable bonds is 7. The van der Waals surface area contributed by atoms with Crippen LogP contribution < -0.4 is 10.1 Å². The van der Waals surface area contributed by atoms with Crippen molar-refractivity contribution in [3.05, 3.63) is 59.6 Å². The van der Waals surface area contributed by atoms with E-state index in [1.54, 1.807) is 11.3 Å². The number of ether oxygens (including phenoxy) is 1. The van der Waals surface area contributed by atoms with Crippen LogP contribution in [-0.4, -0.2) is 28.8 Å². The number of thiophene rings is 1. The Hall–Kier alpha value is -2.60. The Kier molecular flexibility index (Phi) is 5.28. The maximum Gasteiger partial charge on any atom is 0.258 e. The van der Waals surface area contributed by atoms with Crippen molar-refractivity contribution in [1.29, 1.82) is 0 Å². The maximum absolute atomic E-state index is 11.8. The predicted molar refractivity (Wildman–Crippen MR) is 95.2 cm³/mol. The third kappa shape index (κ3) is 4.45. The fourth-order valence-electron chi connectivity index (χ4n) is 2.26. The van der Waals surface area contributed by atoms with Gasteiger partial charge in [-0.15, -0.1) is 11.3 Å². The van der Waals surface area contributed by atoms with Gasteiger partial charge in [0.15, 0.2) is 6.61 Å². The molecule has 1 amide bonds. The number of nitrogens with one attached hydrogen (secondary N) is 1. The van der Waals surface area contributed by atoms with Gasteiger partial charge in [0.2, 0.25) is 0 Å². The molecule has 0 aliphatic carbocycles. The molecular weight excluding hydrogens is 322 g/mol. The number of aromatic nitrogens is 2. The zero-order valence-corrected chi connectivity index (χ0v) is 14.3. The minimum absolute atomic E-state index is 0.0169. The van der Waals surface area contributed by atoms with Crippen molar-refractivity contribution in [2.24, 2.45) is 0 Å². The van der Waals surface area contributed by atoms with Crippen molar-refractivity contribution in [3.63, 3.8) is 0 Å². The summed E-state index contributed by atoms with van der Waals surface area (Å²) in [5.41, 5.74) is 2.06. The highest BCUT2D eigenvalue weighted by atomic mass is 32.1. The summed E-state index contributed by atoms with van der Waals surface area (Å²) < 4.78 is 7.30. The highest BCUT2D eigenvalue weighted by Crippen LogP contribution is 2.22. The van der Waals surface area contributed by atoms with Gasteiger partial charge in [-0.25, -0.2) is 0 Å². The Labute approximate surface area is 144 Å². The van der Waals surface area contributed by atoms with Crippen molar-refractivity contribution in [2.45, 2.75) is 13.5 Å². The summed E-state index contributed by atoms with van der Waals surface area (Å²) >= 11 is 1.66. The summed E-state index contributed by atoms with van der Waals surface area (Å²) in [5, 5.41) is 9.37. The molecule has 24 heavy (non-hydrogen) atoms. The van der Waals surface area contributed by atoms with E-state index in [0.717, 1.165) is 16.1 Å². The van der Waals surface area contributed by atoms with Gasteiger partial charge in [0.1, 0.15) is 11.4 Å². The Morgan fingerprint density at radius 1 is 1.29 bits per heavy atom. The summed E-state index contributed by atoms with van der Waals surface area (Å²) in [6.07, 6.45) is 1.92. The van der Waals surface area contributed by atoms with Crippen molar-refractivity contribution >= 4 is 17.2 Å². The summed E-state index contributed by atoms with van der Waals surface area (Å²) in [7, 11) is 0. The van der Waals surface area contributed by atoms with Crippen molar-refractivity contribution in [3.8, 4) is 16.3 Å². The van der Waals surface area contributed by atoms with Crippen LogP contribution in [-0.2, 0) is 11.3 Å². The van der Waals surface area contributed by atoms with Gasteiger partial charge in [-0.05, 0) is 42.1 Å². The minimum Gasteiger partial charge on any atom is -0.484 e. The lowest BCUT2D eigenvalue weighted by Crippen LogP contribution is -2.31. The van der Waals surface area contributed by atoms with E-state index in [1.165, 1.54) is 0 Å². The normalized spacial score (nSPS) is 10.5. The Morgan fingerprint density at radius 3 is 3.00 bits per heavy atom. The average Bonchev–Trinajstić information content (AvgIpc) is 3.24. The van der Waals surface area contributed by atoms with Crippen LogP contribution >= 0.6 is 11.3 Å². The van der Waals surface area contributed by atoms with Gasteiger partial charge in [-0.2, -0.15) is 5.10 Å². The van der Waals surface area contributed by atoms with Gasteiger partial charge in [-0.3, -0.25) is 9.48 Å². The van der Waals surface area contributed by atoms with E-state index in [0.29, 0.717) is 18.8 Å². The second kappa shape index (κ2) is 7.79. The molecule has 3 aromatic rings. The van der Waals surface area contributed by atoms with Crippen LogP contribution in [0.2, 0.25) is 0 Å². The molecule has 0 aliphatic rings. The standard InChI is InChI=1S/C18H19N3O2S/c1-14-4-2-5-15(12-14)23-13-18(22)19-8-10-21-9-7-16(20-21)17-6-3-11-24-17/h2-7,9,11-12H,8,10,13H2,1H3,(H,19,22). The van der Waals surface area contributed by atoms with E-state index in [1.807, 2.05) is 65.6 Å². The first kappa shape index (κ1) is 16.3. The molecule has 0 fully saturated rings. The lowest BCUT2D eigenvalue weighted by atomic mass is 10.2. The van der Waals surface area contributed by atoms with Gasteiger partial charge < -0.3 is 10.1 Å². The Bertz CT molecular complexity index is 796. The van der Waals surface area contributed by atoms with Crippen molar-refractivity contribution < 1.29 is 9.53 Å². The third-order valence-corrected chi connectivity index (χ3v) is 4.33. The molecule has 0 unspecified atom stereocenters. The highest BCUT2D eigenvalue weighted by Gasteiger charge is 2.05. The third-order valence-electron chi connectivity index (χ3n) is 3.44. The number of benzene rings is 1. The predicted octanol–water partition coefficient (Wildman–Crippen LogP) is 3.12. The first-order valence-corrected chi connectivity index (χ1v) is 8.62. The van der Waals surface area contributed by atoms with E-state index in [9.17, 15) is 4.79 Å². The van der Waals surface area contributed by atoms with E-state index < -0.39 is 0 Å². The highest BCUT2D eigenvalue weighted by molar-refractivity contribution is 7.13. The molecule has 1 aromatic carbocycles. The largest absolute Gasteiger partial charge is 0.484 e. The van der Waals surface area contributed by atoms with Crippen molar-refractivity contribution in [1.82, 2.24) is 15.1 Å². The van der Waals surface area contributed by atoms with Crippen LogP contribution in [0.3, 0.4) is 0 Å². The fraction of sp³-hybridized carbons (Fsp3) is 0.222. The zero-order valence-electron chi connectivity index (χ0n) is 13.4. The van der Waals surface area contributed by atoms with Crippen LogP contribution in [0.1, 0.15) is 5.56 Å². The molecule has 2 heterocycles. The lowest BCUT2D eigenvalue weighted by Gasteiger charge is -2.08. The van der Waals surface area contributed by atoms with Crippen molar-refractivity contribution in [2.75, 3.05) is 13.2 Å². The first-order chi connectivity index (χ1) is 11.7. The number of hydrogen-bond donors (Lipinski definition) is 1. The maximum atomic E-state index is 11.8. The van der Waals surface area contributed by atoms with Crippen LogP contribution in [0, 0.1) is 6.92 Å². The SMILES string of the molecule is Cc1cccc(OCC(=O)NCCn2ccc(-c3cccs3)n2)c1. The molecule has 0 radical (unpaired) electrons. The molecule has 3 rings (SSSR count). The van der Waals surface area contributed by atoms with Crippen LogP contribution in [0.4, 0.5) is 0 Å². The number of nitrogens with zero attached hydrogens (tertiary/aromatic N) is 2. The number of hydrogen-bond acceptors (Lipinski definition) is 4. The van der Waals surface area contributed by atoms with E-state index >= 15 is 0 Å². The number of aryl methyl sites for hydroxylation is 1. The molecule has 5 nitrogen and oxygen atoms in total. The van der Waals surface area contributed by atoms with Gasteiger partial charge in [-0.1, -0.05) is 18.2 Å². The van der Waals surface area contributed by atoms with Crippen LogP contribution in [0.15, 0.2) is 54.0 Å². The number of carbonyl (C=O) groups excluding carboxylic acids is 1. The smallest absolute Gasteiger partial charge is 0.258 e. The van der Waals surface area contributed by atoms with E-state index in [4.69, 9.17) is 4.74 Å².